The second kappa shape index (κ2) is 5.41. The molecular weight excluding hydrogens is 226 g/mol. The standard InChI is InChI=1S/C14H25N3O/c1-3-17-12(6-8-16-17)13(18)14(10-15)7-4-5-11(2)9-14/h6,8,11,13,18H,3-5,7,9-10,15H2,1-2H3. The highest BCUT2D eigenvalue weighted by molar-refractivity contribution is 5.10. The van der Waals surface area contributed by atoms with Crippen molar-refractivity contribution in [2.45, 2.75) is 52.2 Å². The van der Waals surface area contributed by atoms with Crippen molar-refractivity contribution in [3.05, 3.63) is 18.0 Å². The van der Waals surface area contributed by atoms with Gasteiger partial charge >= 0.3 is 0 Å². The second-order valence-corrected chi connectivity index (χ2v) is 5.74. The molecule has 0 amide bonds. The van der Waals surface area contributed by atoms with Crippen LogP contribution in [0.2, 0.25) is 0 Å². The van der Waals surface area contributed by atoms with Crippen LogP contribution in [0.4, 0.5) is 0 Å². The summed E-state index contributed by atoms with van der Waals surface area (Å²) in [7, 11) is 0. The molecule has 0 bridgehead atoms. The minimum Gasteiger partial charge on any atom is -0.386 e. The molecule has 3 atom stereocenters. The fourth-order valence-corrected chi connectivity index (χ4v) is 3.40. The Morgan fingerprint density at radius 3 is 3.06 bits per heavy atom. The summed E-state index contributed by atoms with van der Waals surface area (Å²) in [5.41, 5.74) is 6.76. The molecule has 4 heteroatoms. The van der Waals surface area contributed by atoms with Gasteiger partial charge in [-0.25, -0.2) is 0 Å². The highest BCUT2D eigenvalue weighted by Gasteiger charge is 2.41. The smallest absolute Gasteiger partial charge is 0.102 e. The largest absolute Gasteiger partial charge is 0.386 e. The van der Waals surface area contributed by atoms with E-state index in [-0.39, 0.29) is 5.41 Å². The third-order valence-electron chi connectivity index (χ3n) is 4.44. The monoisotopic (exact) mass is 251 g/mol. The number of nitrogens with zero attached hydrogens (tertiary/aromatic N) is 2. The Labute approximate surface area is 109 Å². The molecule has 0 spiro atoms. The Morgan fingerprint density at radius 2 is 2.44 bits per heavy atom. The van der Waals surface area contributed by atoms with Crippen LogP contribution in [0.25, 0.3) is 0 Å². The van der Waals surface area contributed by atoms with Crippen LogP contribution in [-0.4, -0.2) is 21.4 Å². The molecule has 1 saturated carbocycles. The summed E-state index contributed by atoms with van der Waals surface area (Å²) in [6, 6.07) is 1.92. The van der Waals surface area contributed by atoms with Gasteiger partial charge in [0.15, 0.2) is 0 Å². The van der Waals surface area contributed by atoms with Gasteiger partial charge in [-0.15, -0.1) is 0 Å². The number of aryl methyl sites for hydroxylation is 1. The zero-order valence-electron chi connectivity index (χ0n) is 11.5. The highest BCUT2D eigenvalue weighted by atomic mass is 16.3. The lowest BCUT2D eigenvalue weighted by Gasteiger charge is -2.42. The van der Waals surface area contributed by atoms with Crippen molar-refractivity contribution in [3.8, 4) is 0 Å². The summed E-state index contributed by atoms with van der Waals surface area (Å²) in [5.74, 6) is 0.648. The maximum atomic E-state index is 10.8. The van der Waals surface area contributed by atoms with E-state index in [9.17, 15) is 5.11 Å². The number of hydrogen-bond donors (Lipinski definition) is 2. The maximum absolute atomic E-state index is 10.8. The minimum absolute atomic E-state index is 0.162. The molecule has 102 valence electrons. The van der Waals surface area contributed by atoms with Crippen LogP contribution < -0.4 is 5.73 Å². The second-order valence-electron chi connectivity index (χ2n) is 5.74. The normalized spacial score (nSPS) is 30.3. The van der Waals surface area contributed by atoms with Gasteiger partial charge in [0.25, 0.3) is 0 Å². The van der Waals surface area contributed by atoms with E-state index in [2.05, 4.69) is 12.0 Å². The van der Waals surface area contributed by atoms with Gasteiger partial charge in [-0.1, -0.05) is 19.8 Å². The van der Waals surface area contributed by atoms with E-state index < -0.39 is 6.10 Å². The van der Waals surface area contributed by atoms with Crippen LogP contribution >= 0.6 is 0 Å². The Bertz CT molecular complexity index is 390. The summed E-state index contributed by atoms with van der Waals surface area (Å²) in [6.07, 6.45) is 5.71. The van der Waals surface area contributed by atoms with Crippen LogP contribution in [-0.2, 0) is 6.54 Å². The van der Waals surface area contributed by atoms with Crippen molar-refractivity contribution in [2.24, 2.45) is 17.1 Å². The fraction of sp³-hybridized carbons (Fsp3) is 0.786. The third kappa shape index (κ3) is 2.31. The van der Waals surface area contributed by atoms with Gasteiger partial charge in [0.05, 0.1) is 5.69 Å². The molecule has 3 N–H and O–H groups in total. The molecule has 0 aliphatic heterocycles. The molecule has 0 saturated heterocycles. The van der Waals surface area contributed by atoms with E-state index in [0.29, 0.717) is 12.5 Å². The van der Waals surface area contributed by atoms with Crippen LogP contribution in [0.1, 0.15) is 51.3 Å². The first-order valence-electron chi connectivity index (χ1n) is 7.03. The summed E-state index contributed by atoms with van der Waals surface area (Å²) in [4.78, 5) is 0. The topological polar surface area (TPSA) is 64.1 Å². The summed E-state index contributed by atoms with van der Waals surface area (Å²) in [5, 5.41) is 15.0. The Balaban J connectivity index is 2.26. The van der Waals surface area contributed by atoms with Crippen molar-refractivity contribution in [2.75, 3.05) is 6.54 Å². The number of nitrogens with two attached hydrogens (primary N) is 1. The zero-order valence-corrected chi connectivity index (χ0v) is 11.5. The molecule has 4 nitrogen and oxygen atoms in total. The van der Waals surface area contributed by atoms with Gasteiger partial charge in [-0.05, 0) is 31.7 Å². The summed E-state index contributed by atoms with van der Waals surface area (Å²) < 4.78 is 1.88. The molecule has 0 aromatic carbocycles. The van der Waals surface area contributed by atoms with E-state index >= 15 is 0 Å². The molecular formula is C14H25N3O. The predicted octanol–water partition coefficient (Wildman–Crippen LogP) is 2.09. The van der Waals surface area contributed by atoms with Crippen LogP contribution in [0, 0.1) is 11.3 Å². The first kappa shape index (κ1) is 13.6. The van der Waals surface area contributed by atoms with E-state index in [4.69, 9.17) is 5.73 Å². The molecule has 18 heavy (non-hydrogen) atoms. The molecule has 2 rings (SSSR count). The van der Waals surface area contributed by atoms with Gasteiger partial charge in [0.1, 0.15) is 6.10 Å². The molecule has 3 unspecified atom stereocenters. The quantitative estimate of drug-likeness (QED) is 0.861. The number of hydrogen-bond acceptors (Lipinski definition) is 3. The van der Waals surface area contributed by atoms with Crippen molar-refractivity contribution >= 4 is 0 Å². The first-order chi connectivity index (χ1) is 8.63. The lowest BCUT2D eigenvalue weighted by Crippen LogP contribution is -2.41. The molecule has 1 aromatic heterocycles. The van der Waals surface area contributed by atoms with E-state index in [1.54, 1.807) is 6.20 Å². The van der Waals surface area contributed by atoms with Gasteiger partial charge < -0.3 is 10.8 Å². The Morgan fingerprint density at radius 1 is 1.67 bits per heavy atom. The highest BCUT2D eigenvalue weighted by Crippen LogP contribution is 2.47. The van der Waals surface area contributed by atoms with Crippen LogP contribution in [0.15, 0.2) is 12.3 Å². The molecule has 1 heterocycles. The average Bonchev–Trinajstić information content (AvgIpc) is 2.85. The van der Waals surface area contributed by atoms with E-state index in [0.717, 1.165) is 31.5 Å². The number of aliphatic hydroxyl groups is 1. The van der Waals surface area contributed by atoms with E-state index in [1.165, 1.54) is 6.42 Å². The molecule has 0 radical (unpaired) electrons. The molecule has 1 aromatic rings. The molecule has 1 fully saturated rings. The average molecular weight is 251 g/mol. The van der Waals surface area contributed by atoms with Crippen molar-refractivity contribution in [3.63, 3.8) is 0 Å². The van der Waals surface area contributed by atoms with Gasteiger partial charge in [0.2, 0.25) is 0 Å². The molecule has 1 aliphatic rings. The van der Waals surface area contributed by atoms with Gasteiger partial charge in [-0.2, -0.15) is 5.10 Å². The lowest BCUT2D eigenvalue weighted by molar-refractivity contribution is -0.0182. The SMILES string of the molecule is CCn1nccc1C(O)C1(CN)CCCC(C)C1. The minimum atomic E-state index is -0.493. The maximum Gasteiger partial charge on any atom is 0.102 e. The van der Waals surface area contributed by atoms with Crippen molar-refractivity contribution in [1.29, 1.82) is 0 Å². The van der Waals surface area contributed by atoms with E-state index in [1.807, 2.05) is 17.7 Å². The fourth-order valence-electron chi connectivity index (χ4n) is 3.40. The predicted molar refractivity (Wildman–Crippen MR) is 72.0 cm³/mol. The van der Waals surface area contributed by atoms with Gasteiger partial charge in [-0.3, -0.25) is 4.68 Å². The van der Waals surface area contributed by atoms with Crippen molar-refractivity contribution in [1.82, 2.24) is 9.78 Å². The Kier molecular flexibility index (Phi) is 4.07. The first-order valence-corrected chi connectivity index (χ1v) is 7.03. The Hall–Kier alpha value is -0.870. The van der Waals surface area contributed by atoms with Crippen LogP contribution in [0.3, 0.4) is 0 Å². The summed E-state index contributed by atoms with van der Waals surface area (Å²) in [6.45, 7) is 5.64. The van der Waals surface area contributed by atoms with Crippen molar-refractivity contribution < 1.29 is 5.11 Å². The molecule has 1 aliphatic carbocycles. The number of aromatic nitrogens is 2. The number of aliphatic hydroxyl groups excluding tert-OH is 1. The lowest BCUT2D eigenvalue weighted by atomic mass is 9.66. The summed E-state index contributed by atoms with van der Waals surface area (Å²) >= 11 is 0. The zero-order chi connectivity index (χ0) is 13.2. The van der Waals surface area contributed by atoms with Gasteiger partial charge in [0, 0.05) is 24.7 Å². The van der Waals surface area contributed by atoms with Crippen LogP contribution in [0.5, 0.6) is 0 Å². The number of rotatable bonds is 4. The third-order valence-corrected chi connectivity index (χ3v) is 4.44.